The first-order valence-corrected chi connectivity index (χ1v) is 22.3. The molecule has 18 heteroatoms. The van der Waals surface area contributed by atoms with Crippen LogP contribution in [-0.4, -0.2) is 90.4 Å². The van der Waals surface area contributed by atoms with Crippen molar-refractivity contribution in [1.82, 2.24) is 14.6 Å². The van der Waals surface area contributed by atoms with Gasteiger partial charge in [0, 0.05) is 41.6 Å². The van der Waals surface area contributed by atoms with Crippen molar-refractivity contribution in [2.24, 2.45) is 29.1 Å². The number of fused-ring (bicyclic) bond motifs is 3. The number of rotatable bonds is 12. The van der Waals surface area contributed by atoms with Gasteiger partial charge in [-0.05, 0) is 82.3 Å². The Labute approximate surface area is 352 Å². The molecule has 6 rings (SSSR count). The standard InChI is InChI=1S/C42H52ClF4N3O9S/c1-23-9-6-7-10-25-19-42(25,39(54)49-60(55,56)27-13-14-27)20-33(51)32-16-26(58-37-28-11-8-12-31(43)30(28)17-35(48-37)57-22-34(44)45)21-50(32)38(53)29(24(2)15-23)18-36(52)59-40(3,4)41(5,46)47/h7-8,10-12,17,23-27,29,32,34H,6,9,13-16,18-22H2,1-5H3,(H,49,54)/b10-7-/t23-,24+,25+,26+,29-,32-,42+/m0/s1. The van der Waals surface area contributed by atoms with E-state index in [1.807, 2.05) is 19.1 Å². The third kappa shape index (κ3) is 10.2. The number of Topliss-reactive ketones (excluding diaryl/α,β-unsaturated/α-hetero) is 1. The normalized spacial score (nSPS) is 28.6. The smallest absolute Gasteiger partial charge is 0.307 e. The maximum absolute atomic E-state index is 14.9. The molecule has 2 saturated carbocycles. The Morgan fingerprint density at radius 3 is 2.47 bits per heavy atom. The Hall–Kier alpha value is -3.99. The third-order valence-electron chi connectivity index (χ3n) is 12.4. The molecule has 3 heterocycles. The number of esters is 1. The molecule has 12 nitrogen and oxygen atoms in total. The molecule has 2 amide bonds. The van der Waals surface area contributed by atoms with E-state index >= 15 is 0 Å². The van der Waals surface area contributed by atoms with Gasteiger partial charge in [-0.1, -0.05) is 43.7 Å². The second kappa shape index (κ2) is 17.4. The second-order valence-corrected chi connectivity index (χ2v) is 19.9. The van der Waals surface area contributed by atoms with Crippen LogP contribution in [0.1, 0.15) is 92.4 Å². The number of aromatic nitrogens is 1. The van der Waals surface area contributed by atoms with E-state index < -0.39 is 112 Å². The summed E-state index contributed by atoms with van der Waals surface area (Å²) in [6, 6.07) is 4.98. The molecule has 1 saturated heterocycles. The number of amides is 2. The Bertz CT molecular complexity index is 2130. The van der Waals surface area contributed by atoms with Crippen LogP contribution in [0.4, 0.5) is 17.6 Å². The van der Waals surface area contributed by atoms with Gasteiger partial charge in [0.15, 0.2) is 18.0 Å². The van der Waals surface area contributed by atoms with Crippen molar-refractivity contribution in [2.45, 2.75) is 128 Å². The van der Waals surface area contributed by atoms with Crippen LogP contribution in [-0.2, 0) is 33.9 Å². The first kappa shape index (κ1) is 45.5. The van der Waals surface area contributed by atoms with Gasteiger partial charge in [0.2, 0.25) is 33.6 Å². The lowest BCUT2D eigenvalue weighted by atomic mass is 9.82. The zero-order valence-electron chi connectivity index (χ0n) is 34.2. The molecule has 330 valence electrons. The Morgan fingerprint density at radius 1 is 1.08 bits per heavy atom. The highest BCUT2D eigenvalue weighted by atomic mass is 35.5. The van der Waals surface area contributed by atoms with Crippen molar-refractivity contribution in [3.05, 3.63) is 41.4 Å². The number of carbonyl (C=O) groups excluding carboxylic acids is 4. The molecule has 0 bridgehead atoms. The van der Waals surface area contributed by atoms with E-state index in [0.717, 1.165) is 13.8 Å². The van der Waals surface area contributed by atoms with Gasteiger partial charge in [0.1, 0.15) is 6.10 Å². The highest BCUT2D eigenvalue weighted by Crippen LogP contribution is 2.57. The lowest BCUT2D eigenvalue weighted by Crippen LogP contribution is -2.48. The second-order valence-electron chi connectivity index (χ2n) is 17.6. The van der Waals surface area contributed by atoms with Gasteiger partial charge in [-0.15, -0.1) is 0 Å². The minimum Gasteiger partial charge on any atom is -0.472 e. The topological polar surface area (TPSA) is 158 Å². The van der Waals surface area contributed by atoms with Gasteiger partial charge in [0.05, 0.1) is 35.6 Å². The SMILES string of the molecule is C[C@H]1CC/C=C\[C@@H]2C[C@@]2(C(=O)NS(=O)(=O)C2CC2)CC(=O)[C@@H]2C[C@@H](Oc3nc(OCC(F)F)cc4c(Cl)cccc34)CN2C(=O)[C@@H](CC(=O)OC(C)(C)C(C)(F)F)[C@H](C)C1. The van der Waals surface area contributed by atoms with E-state index in [4.69, 9.17) is 25.8 Å². The number of nitrogens with zero attached hydrogens (tertiary/aromatic N) is 2. The number of carbonyl (C=O) groups is 4. The lowest BCUT2D eigenvalue weighted by molar-refractivity contribution is -0.197. The number of hydrogen-bond donors (Lipinski definition) is 1. The van der Waals surface area contributed by atoms with Gasteiger partial charge >= 0.3 is 5.97 Å². The number of ketones is 1. The van der Waals surface area contributed by atoms with Gasteiger partial charge in [-0.2, -0.15) is 4.98 Å². The molecule has 2 aromatic rings. The molecule has 3 fully saturated rings. The fourth-order valence-electron chi connectivity index (χ4n) is 8.24. The number of pyridine rings is 1. The molecule has 60 heavy (non-hydrogen) atoms. The maximum atomic E-state index is 14.9. The fraction of sp³-hybridized carbons (Fsp3) is 0.643. The zero-order valence-corrected chi connectivity index (χ0v) is 35.8. The number of hydrogen-bond acceptors (Lipinski definition) is 10. The summed E-state index contributed by atoms with van der Waals surface area (Å²) >= 11 is 6.47. The molecule has 0 spiro atoms. The molecule has 1 aromatic carbocycles. The highest BCUT2D eigenvalue weighted by molar-refractivity contribution is 7.90. The van der Waals surface area contributed by atoms with E-state index in [1.54, 1.807) is 25.1 Å². The largest absolute Gasteiger partial charge is 0.472 e. The van der Waals surface area contributed by atoms with Crippen LogP contribution >= 0.6 is 11.6 Å². The lowest BCUT2D eigenvalue weighted by Gasteiger charge is -2.34. The number of benzene rings is 1. The van der Waals surface area contributed by atoms with Crippen molar-refractivity contribution in [3.63, 3.8) is 0 Å². The van der Waals surface area contributed by atoms with Crippen LogP contribution in [0.2, 0.25) is 5.02 Å². The van der Waals surface area contributed by atoms with Crippen molar-refractivity contribution >= 4 is 56.0 Å². The molecule has 7 atom stereocenters. The summed E-state index contributed by atoms with van der Waals surface area (Å²) in [5, 5.41) is 0.308. The average Bonchev–Trinajstić information content (AvgIpc) is 4.07. The summed E-state index contributed by atoms with van der Waals surface area (Å²) in [6.45, 7) is 5.34. The Morgan fingerprint density at radius 2 is 1.80 bits per heavy atom. The first-order valence-electron chi connectivity index (χ1n) is 20.3. The third-order valence-corrected chi connectivity index (χ3v) is 14.5. The minimum atomic E-state index is -3.97. The summed E-state index contributed by atoms with van der Waals surface area (Å²) in [5.74, 6) is -8.78. The van der Waals surface area contributed by atoms with Crippen molar-refractivity contribution in [3.8, 4) is 11.8 Å². The summed E-state index contributed by atoms with van der Waals surface area (Å²) in [6.07, 6.45) is 1.58. The summed E-state index contributed by atoms with van der Waals surface area (Å²) in [4.78, 5) is 62.5. The van der Waals surface area contributed by atoms with E-state index in [1.165, 1.54) is 11.0 Å². The zero-order chi connectivity index (χ0) is 43.9. The van der Waals surface area contributed by atoms with Crippen molar-refractivity contribution < 1.29 is 59.4 Å². The molecule has 2 aliphatic carbocycles. The van der Waals surface area contributed by atoms with E-state index in [-0.39, 0.29) is 42.1 Å². The van der Waals surface area contributed by atoms with Crippen molar-refractivity contribution in [2.75, 3.05) is 13.2 Å². The monoisotopic (exact) mass is 885 g/mol. The van der Waals surface area contributed by atoms with Gasteiger partial charge in [-0.25, -0.2) is 26.0 Å². The number of ether oxygens (including phenoxy) is 3. The summed E-state index contributed by atoms with van der Waals surface area (Å²) in [7, 11) is -3.97. The van der Waals surface area contributed by atoms with Crippen LogP contribution < -0.4 is 14.2 Å². The van der Waals surface area contributed by atoms with Crippen molar-refractivity contribution in [1.29, 1.82) is 0 Å². The predicted molar refractivity (Wildman–Crippen MR) is 213 cm³/mol. The molecular weight excluding hydrogens is 834 g/mol. The predicted octanol–water partition coefficient (Wildman–Crippen LogP) is 7.45. The number of nitrogens with one attached hydrogen (secondary N) is 1. The molecular formula is C42H52ClF4N3O9S. The quantitative estimate of drug-likeness (QED) is 0.129. The van der Waals surface area contributed by atoms with E-state index in [2.05, 4.69) is 9.71 Å². The molecule has 1 aromatic heterocycles. The highest BCUT2D eigenvalue weighted by Gasteiger charge is 2.62. The first-order chi connectivity index (χ1) is 28.0. The number of halogens is 5. The number of allylic oxidation sites excluding steroid dienone is 2. The van der Waals surface area contributed by atoms with Gasteiger partial charge in [-0.3, -0.25) is 23.9 Å². The maximum Gasteiger partial charge on any atom is 0.307 e. The van der Waals surface area contributed by atoms with Crippen LogP contribution in [0.25, 0.3) is 10.8 Å². The molecule has 0 unspecified atom stereocenters. The average molecular weight is 886 g/mol. The molecule has 1 N–H and O–H groups in total. The van der Waals surface area contributed by atoms with Crippen LogP contribution in [0.5, 0.6) is 11.8 Å². The molecule has 2 aliphatic heterocycles. The molecule has 4 aliphatic rings. The van der Waals surface area contributed by atoms with Gasteiger partial charge in [0.25, 0.3) is 12.3 Å². The van der Waals surface area contributed by atoms with Crippen LogP contribution in [0.3, 0.4) is 0 Å². The Kier molecular flexibility index (Phi) is 13.2. The van der Waals surface area contributed by atoms with E-state index in [0.29, 0.717) is 49.8 Å². The minimum absolute atomic E-state index is 0.0197. The summed E-state index contributed by atoms with van der Waals surface area (Å²) < 4.78 is 100. The number of alkyl halides is 4. The Balaban J connectivity index is 1.37. The van der Waals surface area contributed by atoms with E-state index in [9.17, 15) is 45.2 Å². The van der Waals surface area contributed by atoms with Crippen LogP contribution in [0.15, 0.2) is 36.4 Å². The summed E-state index contributed by atoms with van der Waals surface area (Å²) in [5.41, 5.74) is -3.61. The molecule has 0 radical (unpaired) electrons. The number of sulfonamides is 1. The van der Waals surface area contributed by atoms with Gasteiger partial charge < -0.3 is 19.1 Å². The fourth-order valence-corrected chi connectivity index (χ4v) is 9.85. The van der Waals surface area contributed by atoms with Crippen LogP contribution in [0, 0.1) is 29.1 Å².